The summed E-state index contributed by atoms with van der Waals surface area (Å²) in [6.45, 7) is 2.88. The number of benzene rings is 1. The fourth-order valence-electron chi connectivity index (χ4n) is 2.64. The van der Waals surface area contributed by atoms with Gasteiger partial charge in [0.1, 0.15) is 5.82 Å². The number of hydrogen-bond donors (Lipinski definition) is 2. The Morgan fingerprint density at radius 2 is 2.09 bits per heavy atom. The molecule has 1 atom stereocenters. The molecule has 1 aromatic heterocycles. The molecule has 1 aliphatic heterocycles. The molecule has 0 saturated carbocycles. The van der Waals surface area contributed by atoms with Gasteiger partial charge < -0.3 is 10.3 Å². The molecule has 22 heavy (non-hydrogen) atoms. The van der Waals surface area contributed by atoms with Gasteiger partial charge in [-0.05, 0) is 24.5 Å². The Labute approximate surface area is 130 Å². The summed E-state index contributed by atoms with van der Waals surface area (Å²) in [7, 11) is -3.54. The van der Waals surface area contributed by atoms with Crippen LogP contribution in [0.25, 0.3) is 0 Å². The zero-order chi connectivity index (χ0) is 15.7. The van der Waals surface area contributed by atoms with Crippen molar-refractivity contribution in [3.8, 4) is 0 Å². The zero-order valence-electron chi connectivity index (χ0n) is 12.5. The van der Waals surface area contributed by atoms with Crippen LogP contribution >= 0.6 is 0 Å². The second-order valence-corrected chi connectivity index (χ2v) is 7.34. The van der Waals surface area contributed by atoms with Crippen LogP contribution in [0.15, 0.2) is 35.5 Å². The normalized spacial score (nSPS) is 15.7. The summed E-state index contributed by atoms with van der Waals surface area (Å²) in [6.07, 6.45) is 3.23. The molecular formula is C15H20N4O2S. The van der Waals surface area contributed by atoms with Gasteiger partial charge in [-0.25, -0.2) is 18.1 Å². The summed E-state index contributed by atoms with van der Waals surface area (Å²) >= 11 is 0. The van der Waals surface area contributed by atoms with Crippen LogP contribution in [0.1, 0.15) is 36.3 Å². The van der Waals surface area contributed by atoms with Gasteiger partial charge in [0.15, 0.2) is 5.03 Å². The van der Waals surface area contributed by atoms with Crippen LogP contribution < -0.4 is 10.5 Å². The van der Waals surface area contributed by atoms with E-state index in [-0.39, 0.29) is 17.6 Å². The highest BCUT2D eigenvalue weighted by Gasteiger charge is 2.24. The van der Waals surface area contributed by atoms with Crippen molar-refractivity contribution in [3.63, 3.8) is 0 Å². The van der Waals surface area contributed by atoms with E-state index in [1.165, 1.54) is 6.20 Å². The molecule has 0 radical (unpaired) electrons. The molecule has 0 aliphatic carbocycles. The van der Waals surface area contributed by atoms with E-state index in [1.54, 1.807) is 4.57 Å². The SMILES string of the molecule is CC(N)c1ccc(CNS(=O)(=O)c2cnc3n2CCC3)cc1. The van der Waals surface area contributed by atoms with Gasteiger partial charge in [-0.2, -0.15) is 0 Å². The van der Waals surface area contributed by atoms with Gasteiger partial charge in [0, 0.05) is 25.6 Å². The summed E-state index contributed by atoms with van der Waals surface area (Å²) in [5.41, 5.74) is 7.73. The minimum absolute atomic E-state index is 0.0277. The third-order valence-corrected chi connectivity index (χ3v) is 5.33. The first-order valence-electron chi connectivity index (χ1n) is 7.36. The Kier molecular flexibility index (Phi) is 4.03. The lowest BCUT2D eigenvalue weighted by molar-refractivity contribution is 0.564. The fraction of sp³-hybridized carbons (Fsp3) is 0.400. The number of aryl methyl sites for hydroxylation is 1. The fourth-order valence-corrected chi connectivity index (χ4v) is 3.82. The van der Waals surface area contributed by atoms with Crippen LogP contribution in [0, 0.1) is 0 Å². The number of hydrogen-bond acceptors (Lipinski definition) is 4. The Bertz CT molecular complexity index is 763. The highest BCUT2D eigenvalue weighted by Crippen LogP contribution is 2.20. The van der Waals surface area contributed by atoms with E-state index in [9.17, 15) is 8.42 Å². The van der Waals surface area contributed by atoms with Gasteiger partial charge in [0.25, 0.3) is 10.0 Å². The summed E-state index contributed by atoms with van der Waals surface area (Å²) in [6, 6.07) is 7.60. The van der Waals surface area contributed by atoms with E-state index in [1.807, 2.05) is 31.2 Å². The Hall–Kier alpha value is -1.70. The minimum atomic E-state index is -3.54. The summed E-state index contributed by atoms with van der Waals surface area (Å²) in [5, 5.41) is 0.257. The first kappa shape index (κ1) is 15.2. The summed E-state index contributed by atoms with van der Waals surface area (Å²) in [4.78, 5) is 4.18. The molecule has 3 N–H and O–H groups in total. The zero-order valence-corrected chi connectivity index (χ0v) is 13.3. The molecule has 118 valence electrons. The monoisotopic (exact) mass is 320 g/mol. The van der Waals surface area contributed by atoms with E-state index >= 15 is 0 Å². The maximum Gasteiger partial charge on any atom is 0.258 e. The van der Waals surface area contributed by atoms with Crippen molar-refractivity contribution in [2.45, 2.75) is 43.9 Å². The number of fused-ring (bicyclic) bond motifs is 1. The molecule has 3 rings (SSSR count). The Morgan fingerprint density at radius 1 is 1.36 bits per heavy atom. The van der Waals surface area contributed by atoms with Gasteiger partial charge >= 0.3 is 0 Å². The molecule has 6 nitrogen and oxygen atoms in total. The second kappa shape index (κ2) is 5.83. The van der Waals surface area contributed by atoms with Crippen molar-refractivity contribution in [1.82, 2.24) is 14.3 Å². The average molecular weight is 320 g/mol. The van der Waals surface area contributed by atoms with Crippen LogP contribution in [-0.2, 0) is 29.5 Å². The Balaban J connectivity index is 1.72. The molecule has 1 aliphatic rings. The average Bonchev–Trinajstić information content (AvgIpc) is 3.08. The van der Waals surface area contributed by atoms with Gasteiger partial charge in [-0.15, -0.1) is 0 Å². The standard InChI is InChI=1S/C15H20N4O2S/c1-11(16)13-6-4-12(5-7-13)9-18-22(20,21)15-10-17-14-3-2-8-19(14)15/h4-7,10-11,18H,2-3,8-9,16H2,1H3. The minimum Gasteiger partial charge on any atom is -0.324 e. The first-order valence-corrected chi connectivity index (χ1v) is 8.84. The second-order valence-electron chi connectivity index (χ2n) is 5.62. The molecule has 7 heteroatoms. The predicted molar refractivity (Wildman–Crippen MR) is 83.6 cm³/mol. The third kappa shape index (κ3) is 2.92. The lowest BCUT2D eigenvalue weighted by Gasteiger charge is -2.10. The number of imidazole rings is 1. The number of nitrogens with two attached hydrogens (primary N) is 1. The Morgan fingerprint density at radius 3 is 2.77 bits per heavy atom. The highest BCUT2D eigenvalue weighted by molar-refractivity contribution is 7.89. The van der Waals surface area contributed by atoms with Crippen LogP contribution in [0.4, 0.5) is 0 Å². The topological polar surface area (TPSA) is 90.0 Å². The largest absolute Gasteiger partial charge is 0.324 e. The van der Waals surface area contributed by atoms with Crippen molar-refractivity contribution in [2.75, 3.05) is 0 Å². The molecule has 0 spiro atoms. The molecular weight excluding hydrogens is 300 g/mol. The number of aromatic nitrogens is 2. The van der Waals surface area contributed by atoms with Gasteiger partial charge in [-0.3, -0.25) is 0 Å². The van der Waals surface area contributed by atoms with Crippen molar-refractivity contribution in [2.24, 2.45) is 5.73 Å². The van der Waals surface area contributed by atoms with E-state index in [0.29, 0.717) is 6.54 Å². The van der Waals surface area contributed by atoms with Crippen LogP contribution in [0.2, 0.25) is 0 Å². The van der Waals surface area contributed by atoms with E-state index in [0.717, 1.165) is 29.8 Å². The summed E-state index contributed by atoms with van der Waals surface area (Å²) < 4.78 is 29.2. The molecule has 1 aromatic carbocycles. The van der Waals surface area contributed by atoms with E-state index in [2.05, 4.69) is 9.71 Å². The smallest absolute Gasteiger partial charge is 0.258 e. The maximum absolute atomic E-state index is 12.4. The number of nitrogens with one attached hydrogen (secondary N) is 1. The molecule has 0 fully saturated rings. The summed E-state index contributed by atoms with van der Waals surface area (Å²) in [5.74, 6) is 0.849. The lowest BCUT2D eigenvalue weighted by atomic mass is 10.1. The molecule has 0 amide bonds. The van der Waals surface area contributed by atoms with Gasteiger partial charge in [0.05, 0.1) is 6.20 Å². The molecule has 2 heterocycles. The maximum atomic E-state index is 12.4. The number of rotatable bonds is 5. The quantitative estimate of drug-likeness (QED) is 0.869. The van der Waals surface area contributed by atoms with Crippen LogP contribution in [0.5, 0.6) is 0 Å². The van der Waals surface area contributed by atoms with E-state index in [4.69, 9.17) is 5.73 Å². The number of sulfonamides is 1. The third-order valence-electron chi connectivity index (χ3n) is 3.93. The van der Waals surface area contributed by atoms with Crippen LogP contribution in [0.3, 0.4) is 0 Å². The van der Waals surface area contributed by atoms with E-state index < -0.39 is 10.0 Å². The van der Waals surface area contributed by atoms with Crippen molar-refractivity contribution >= 4 is 10.0 Å². The highest BCUT2D eigenvalue weighted by atomic mass is 32.2. The number of nitrogens with zero attached hydrogens (tertiary/aromatic N) is 2. The van der Waals surface area contributed by atoms with Crippen molar-refractivity contribution in [1.29, 1.82) is 0 Å². The van der Waals surface area contributed by atoms with Gasteiger partial charge in [-0.1, -0.05) is 24.3 Å². The molecule has 1 unspecified atom stereocenters. The van der Waals surface area contributed by atoms with Gasteiger partial charge in [0.2, 0.25) is 0 Å². The van der Waals surface area contributed by atoms with Crippen molar-refractivity contribution in [3.05, 3.63) is 47.4 Å². The van der Waals surface area contributed by atoms with Crippen molar-refractivity contribution < 1.29 is 8.42 Å². The molecule has 0 bridgehead atoms. The predicted octanol–water partition coefficient (Wildman–Crippen LogP) is 1.33. The molecule has 2 aromatic rings. The molecule has 0 saturated heterocycles. The lowest BCUT2D eigenvalue weighted by Crippen LogP contribution is -2.25. The first-order chi connectivity index (χ1) is 10.5. The van der Waals surface area contributed by atoms with Crippen LogP contribution in [-0.4, -0.2) is 18.0 Å².